The minimum Gasteiger partial charge on any atom is -0.495 e. The van der Waals surface area contributed by atoms with Crippen molar-refractivity contribution in [2.24, 2.45) is 5.92 Å². The molecular weight excluding hydrogens is 312 g/mol. The molecular formula is C21H25N2O2+. The quantitative estimate of drug-likeness (QED) is 0.512. The normalized spacial score (nSPS) is 39.1. The molecule has 1 aromatic carbocycles. The summed E-state index contributed by atoms with van der Waals surface area (Å²) in [7, 11) is 4.12. The van der Waals surface area contributed by atoms with Gasteiger partial charge in [0.1, 0.15) is 24.6 Å². The van der Waals surface area contributed by atoms with Gasteiger partial charge in [-0.05, 0) is 24.1 Å². The highest BCUT2D eigenvalue weighted by Gasteiger charge is 2.67. The Morgan fingerprint density at radius 3 is 2.96 bits per heavy atom. The molecule has 1 spiro atoms. The number of likely N-dealkylation sites (N-methyl/N-ethyl adjacent to an activating group) is 1. The number of anilines is 1. The van der Waals surface area contributed by atoms with E-state index in [0.29, 0.717) is 6.04 Å². The second-order valence-corrected chi connectivity index (χ2v) is 8.21. The van der Waals surface area contributed by atoms with Gasteiger partial charge < -0.3 is 14.5 Å². The number of quaternary nitrogens is 1. The highest BCUT2D eigenvalue weighted by molar-refractivity contribution is 5.86. The summed E-state index contributed by atoms with van der Waals surface area (Å²) < 4.78 is 6.71. The van der Waals surface area contributed by atoms with Gasteiger partial charge in [-0.1, -0.05) is 18.2 Å². The largest absolute Gasteiger partial charge is 0.495 e. The molecule has 1 unspecified atom stereocenters. The van der Waals surface area contributed by atoms with Crippen LogP contribution in [0.5, 0.6) is 5.75 Å². The third-order valence-electron chi connectivity index (χ3n) is 7.37. The fourth-order valence-electron chi connectivity index (χ4n) is 6.28. The van der Waals surface area contributed by atoms with Crippen LogP contribution in [-0.4, -0.2) is 44.1 Å². The van der Waals surface area contributed by atoms with Crippen molar-refractivity contribution >= 4 is 12.0 Å². The van der Waals surface area contributed by atoms with Crippen molar-refractivity contribution in [3.05, 3.63) is 46.7 Å². The number of hydrogen-bond acceptors (Lipinski definition) is 3. The molecule has 4 aliphatic rings. The van der Waals surface area contributed by atoms with Gasteiger partial charge in [0, 0.05) is 30.0 Å². The number of aldehydes is 1. The van der Waals surface area contributed by atoms with Gasteiger partial charge in [0.05, 0.1) is 31.8 Å². The first-order chi connectivity index (χ1) is 12.1. The summed E-state index contributed by atoms with van der Waals surface area (Å²) in [6.45, 7) is 4.34. The SMILES string of the molecule is C/C=C1/C[N+]2(C)CC[C@@]34C(=C(C=O)[C@H]1C[C@H]32)Nc1c(OC)cccc14. The second kappa shape index (κ2) is 4.76. The number of methoxy groups -OCH3 is 1. The van der Waals surface area contributed by atoms with Crippen LogP contribution in [0.15, 0.2) is 41.1 Å². The van der Waals surface area contributed by atoms with Crippen LogP contribution in [0.2, 0.25) is 0 Å². The number of carbonyl (C=O) groups is 1. The molecule has 0 aromatic heterocycles. The van der Waals surface area contributed by atoms with Crippen molar-refractivity contribution in [1.29, 1.82) is 0 Å². The topological polar surface area (TPSA) is 38.3 Å². The average Bonchev–Trinajstić information content (AvgIpc) is 3.14. The smallest absolute Gasteiger partial charge is 0.148 e. The first-order valence-electron chi connectivity index (χ1n) is 9.22. The highest BCUT2D eigenvalue weighted by atomic mass is 16.5. The Morgan fingerprint density at radius 2 is 2.24 bits per heavy atom. The third kappa shape index (κ3) is 1.59. The van der Waals surface area contributed by atoms with Crippen LogP contribution in [0, 0.1) is 5.92 Å². The summed E-state index contributed by atoms with van der Waals surface area (Å²) in [5.41, 5.74) is 5.90. The maximum absolute atomic E-state index is 12.2. The molecule has 25 heavy (non-hydrogen) atoms. The van der Waals surface area contributed by atoms with E-state index in [2.05, 4.69) is 37.5 Å². The summed E-state index contributed by atoms with van der Waals surface area (Å²) in [5.74, 6) is 1.15. The Balaban J connectivity index is 1.84. The zero-order valence-electron chi connectivity index (χ0n) is 15.1. The lowest BCUT2D eigenvalue weighted by Gasteiger charge is -2.51. The van der Waals surface area contributed by atoms with E-state index in [1.54, 1.807) is 7.11 Å². The molecule has 4 heteroatoms. The summed E-state index contributed by atoms with van der Waals surface area (Å²) in [6.07, 6.45) is 5.52. The number of nitrogens with one attached hydrogen (secondary N) is 1. The van der Waals surface area contributed by atoms with Crippen LogP contribution in [-0.2, 0) is 10.2 Å². The van der Waals surface area contributed by atoms with E-state index in [9.17, 15) is 4.79 Å². The maximum atomic E-state index is 12.2. The Bertz CT molecular complexity index is 855. The third-order valence-corrected chi connectivity index (χ3v) is 7.37. The molecule has 3 heterocycles. The average molecular weight is 337 g/mol. The van der Waals surface area contributed by atoms with Crippen LogP contribution >= 0.6 is 0 Å². The van der Waals surface area contributed by atoms with Crippen molar-refractivity contribution in [3.8, 4) is 5.75 Å². The summed E-state index contributed by atoms with van der Waals surface area (Å²) in [5, 5.41) is 3.65. The molecule has 1 aromatic rings. The number of rotatable bonds is 2. The molecule has 0 amide bonds. The Hall–Kier alpha value is -2.07. The Labute approximate surface area is 148 Å². The van der Waals surface area contributed by atoms with Gasteiger partial charge in [-0.15, -0.1) is 0 Å². The molecule has 2 fully saturated rings. The van der Waals surface area contributed by atoms with Gasteiger partial charge in [-0.3, -0.25) is 4.79 Å². The number of para-hydroxylation sites is 1. The van der Waals surface area contributed by atoms with E-state index in [-0.39, 0.29) is 11.3 Å². The first kappa shape index (κ1) is 15.2. The Kier molecular flexibility index (Phi) is 2.89. The number of ether oxygens (including phenoxy) is 1. The van der Waals surface area contributed by atoms with Gasteiger partial charge in [-0.25, -0.2) is 0 Å². The molecule has 3 aliphatic heterocycles. The van der Waals surface area contributed by atoms with E-state index >= 15 is 0 Å². The van der Waals surface area contributed by atoms with Gasteiger partial charge in [0.25, 0.3) is 0 Å². The van der Waals surface area contributed by atoms with Crippen molar-refractivity contribution in [2.75, 3.05) is 32.6 Å². The first-order valence-corrected chi connectivity index (χ1v) is 9.22. The van der Waals surface area contributed by atoms with Gasteiger partial charge in [0.2, 0.25) is 0 Å². The molecule has 5 rings (SSSR count). The van der Waals surface area contributed by atoms with E-state index in [1.807, 2.05) is 6.07 Å². The molecule has 1 aliphatic carbocycles. The monoisotopic (exact) mass is 337 g/mol. The standard InChI is InChI=1S/C21H24N2O2/c1-4-13-11-23(2)9-8-21-16-6-5-7-17(25-3)19(16)22-20(21)15(12-24)14(13)10-18(21)23/h4-7,12,14,18H,8-11H2,1-3H3/p+1/b13-4-/t14-,18+,21-,23?/m0/s1. The minimum atomic E-state index is -0.0510. The summed E-state index contributed by atoms with van der Waals surface area (Å²) >= 11 is 0. The Morgan fingerprint density at radius 1 is 1.40 bits per heavy atom. The molecule has 2 saturated heterocycles. The van der Waals surface area contributed by atoms with Gasteiger partial charge in [0.15, 0.2) is 0 Å². The number of allylic oxidation sites excluding steroid dienone is 2. The number of benzene rings is 1. The number of fused-ring (bicyclic) bond motifs is 2. The number of nitrogens with zero attached hydrogens (tertiary/aromatic N) is 1. The minimum absolute atomic E-state index is 0.0510. The molecule has 2 bridgehead atoms. The van der Waals surface area contributed by atoms with Crippen LogP contribution < -0.4 is 10.1 Å². The lowest BCUT2D eigenvalue weighted by Crippen LogP contribution is -2.61. The second-order valence-electron chi connectivity index (χ2n) is 8.21. The zero-order chi connectivity index (χ0) is 17.4. The highest BCUT2D eigenvalue weighted by Crippen LogP contribution is 2.63. The number of piperidine rings is 1. The van der Waals surface area contributed by atoms with Crippen molar-refractivity contribution in [2.45, 2.75) is 31.2 Å². The van der Waals surface area contributed by atoms with Crippen LogP contribution in [0.4, 0.5) is 5.69 Å². The summed E-state index contributed by atoms with van der Waals surface area (Å²) in [4.78, 5) is 12.2. The van der Waals surface area contributed by atoms with Crippen LogP contribution in [0.1, 0.15) is 25.3 Å². The van der Waals surface area contributed by atoms with E-state index in [4.69, 9.17) is 4.74 Å². The fourth-order valence-corrected chi connectivity index (χ4v) is 6.28. The van der Waals surface area contributed by atoms with E-state index in [0.717, 1.165) is 59.4 Å². The van der Waals surface area contributed by atoms with Crippen LogP contribution in [0.25, 0.3) is 0 Å². The van der Waals surface area contributed by atoms with E-state index in [1.165, 1.54) is 11.1 Å². The molecule has 1 N–H and O–H groups in total. The van der Waals surface area contributed by atoms with Crippen molar-refractivity contribution < 1.29 is 14.0 Å². The van der Waals surface area contributed by atoms with Gasteiger partial charge in [-0.2, -0.15) is 0 Å². The van der Waals surface area contributed by atoms with Crippen LogP contribution in [0.3, 0.4) is 0 Å². The van der Waals surface area contributed by atoms with Crippen molar-refractivity contribution in [1.82, 2.24) is 0 Å². The summed E-state index contributed by atoms with van der Waals surface area (Å²) in [6, 6.07) is 6.86. The molecule has 4 atom stereocenters. The predicted molar refractivity (Wildman–Crippen MR) is 97.6 cm³/mol. The fraction of sp³-hybridized carbons (Fsp3) is 0.476. The molecule has 0 saturated carbocycles. The molecule has 4 nitrogen and oxygen atoms in total. The zero-order valence-corrected chi connectivity index (χ0v) is 15.1. The number of hydrogen-bond donors (Lipinski definition) is 1. The predicted octanol–water partition coefficient (Wildman–Crippen LogP) is 3.01. The van der Waals surface area contributed by atoms with Gasteiger partial charge >= 0.3 is 0 Å². The lowest BCUT2D eigenvalue weighted by molar-refractivity contribution is -0.923. The molecule has 0 radical (unpaired) electrons. The van der Waals surface area contributed by atoms with E-state index < -0.39 is 0 Å². The lowest BCUT2D eigenvalue weighted by atomic mass is 9.61. The van der Waals surface area contributed by atoms with Crippen molar-refractivity contribution in [3.63, 3.8) is 0 Å². The maximum Gasteiger partial charge on any atom is 0.148 e. The number of carbonyl (C=O) groups excluding carboxylic acids is 1. The molecule has 130 valence electrons.